The normalized spacial score (nSPS) is 18.7. The SMILES string of the molecule is COC1CCN(S(=O)(=O)c2ccc(F)cc2F)CC1. The maximum absolute atomic E-state index is 13.6. The molecular weight excluding hydrogens is 276 g/mol. The molecule has 4 nitrogen and oxygen atoms in total. The Kier molecular flexibility index (Phi) is 4.17. The maximum atomic E-state index is 13.6. The summed E-state index contributed by atoms with van der Waals surface area (Å²) in [5, 5.41) is 0. The molecule has 0 aromatic heterocycles. The van der Waals surface area contributed by atoms with Gasteiger partial charge in [-0.3, -0.25) is 0 Å². The molecule has 0 spiro atoms. The molecular formula is C12H15F2NO3S. The molecule has 0 unspecified atom stereocenters. The summed E-state index contributed by atoms with van der Waals surface area (Å²) < 4.78 is 57.2. The minimum absolute atomic E-state index is 0.0320. The van der Waals surface area contributed by atoms with Crippen LogP contribution >= 0.6 is 0 Å². The molecule has 0 N–H and O–H groups in total. The average Bonchev–Trinajstić information content (AvgIpc) is 2.38. The van der Waals surface area contributed by atoms with Crippen LogP contribution in [0.2, 0.25) is 0 Å². The molecule has 0 atom stereocenters. The first-order valence-electron chi connectivity index (χ1n) is 5.93. The van der Waals surface area contributed by atoms with E-state index in [9.17, 15) is 17.2 Å². The van der Waals surface area contributed by atoms with Gasteiger partial charge in [0.15, 0.2) is 0 Å². The lowest BCUT2D eigenvalue weighted by atomic mass is 10.1. The summed E-state index contributed by atoms with van der Waals surface area (Å²) in [6.45, 7) is 0.551. The van der Waals surface area contributed by atoms with E-state index in [1.54, 1.807) is 7.11 Å². The zero-order valence-corrected chi connectivity index (χ0v) is 11.3. The van der Waals surface area contributed by atoms with E-state index in [2.05, 4.69) is 0 Å². The van der Waals surface area contributed by atoms with Crippen LogP contribution in [0.15, 0.2) is 23.1 Å². The highest BCUT2D eigenvalue weighted by Crippen LogP contribution is 2.24. The standard InChI is InChI=1S/C12H15F2NO3S/c1-18-10-4-6-15(7-5-10)19(16,17)12-3-2-9(13)8-11(12)14/h2-3,8,10H,4-7H2,1H3. The highest BCUT2D eigenvalue weighted by atomic mass is 32.2. The minimum atomic E-state index is -3.91. The number of sulfonamides is 1. The van der Waals surface area contributed by atoms with E-state index < -0.39 is 26.6 Å². The van der Waals surface area contributed by atoms with Crippen molar-refractivity contribution in [2.24, 2.45) is 0 Å². The van der Waals surface area contributed by atoms with Crippen LogP contribution in [0.5, 0.6) is 0 Å². The molecule has 1 heterocycles. The minimum Gasteiger partial charge on any atom is -0.381 e. The van der Waals surface area contributed by atoms with Crippen molar-refractivity contribution in [2.45, 2.75) is 23.8 Å². The van der Waals surface area contributed by atoms with Crippen molar-refractivity contribution in [3.63, 3.8) is 0 Å². The van der Waals surface area contributed by atoms with Crippen LogP contribution in [-0.2, 0) is 14.8 Å². The summed E-state index contributed by atoms with van der Waals surface area (Å²) in [4.78, 5) is -0.482. The number of methoxy groups -OCH3 is 1. The zero-order chi connectivity index (χ0) is 14.0. The number of nitrogens with zero attached hydrogens (tertiary/aromatic N) is 1. The van der Waals surface area contributed by atoms with Crippen molar-refractivity contribution < 1.29 is 21.9 Å². The summed E-state index contributed by atoms with van der Waals surface area (Å²) >= 11 is 0. The van der Waals surface area contributed by atoms with Crippen molar-refractivity contribution in [3.8, 4) is 0 Å². The van der Waals surface area contributed by atoms with Crippen LogP contribution in [0.3, 0.4) is 0 Å². The predicted molar refractivity (Wildman–Crippen MR) is 65.1 cm³/mol. The van der Waals surface area contributed by atoms with Gasteiger partial charge in [0.1, 0.15) is 16.5 Å². The topological polar surface area (TPSA) is 46.6 Å². The summed E-state index contributed by atoms with van der Waals surface area (Å²) in [7, 11) is -2.33. The summed E-state index contributed by atoms with van der Waals surface area (Å²) in [6.07, 6.45) is 1.17. The molecule has 106 valence electrons. The van der Waals surface area contributed by atoms with Crippen LogP contribution in [0.1, 0.15) is 12.8 Å². The molecule has 0 aliphatic carbocycles. The monoisotopic (exact) mass is 291 g/mol. The van der Waals surface area contributed by atoms with Gasteiger partial charge in [-0.1, -0.05) is 0 Å². The van der Waals surface area contributed by atoms with Crippen molar-refractivity contribution >= 4 is 10.0 Å². The summed E-state index contributed by atoms with van der Waals surface area (Å²) in [5.41, 5.74) is 0. The number of hydrogen-bond acceptors (Lipinski definition) is 3. The molecule has 0 bridgehead atoms. The third-order valence-corrected chi connectivity index (χ3v) is 5.18. The lowest BCUT2D eigenvalue weighted by Crippen LogP contribution is -2.40. The molecule has 1 fully saturated rings. The van der Waals surface area contributed by atoms with E-state index in [1.165, 1.54) is 4.31 Å². The van der Waals surface area contributed by atoms with Gasteiger partial charge in [-0.25, -0.2) is 17.2 Å². The Hall–Kier alpha value is -1.05. The maximum Gasteiger partial charge on any atom is 0.245 e. The van der Waals surface area contributed by atoms with Gasteiger partial charge in [-0.15, -0.1) is 0 Å². The van der Waals surface area contributed by atoms with E-state index in [1.807, 2.05) is 0 Å². The van der Waals surface area contributed by atoms with Gasteiger partial charge in [-0.2, -0.15) is 4.31 Å². The summed E-state index contributed by atoms with van der Waals surface area (Å²) in [6, 6.07) is 2.48. The second-order valence-corrected chi connectivity index (χ2v) is 6.32. The van der Waals surface area contributed by atoms with Crippen molar-refractivity contribution in [3.05, 3.63) is 29.8 Å². The van der Waals surface area contributed by atoms with Crippen LogP contribution in [0.25, 0.3) is 0 Å². The van der Waals surface area contributed by atoms with Gasteiger partial charge in [0.25, 0.3) is 0 Å². The number of piperidine rings is 1. The highest BCUT2D eigenvalue weighted by molar-refractivity contribution is 7.89. The van der Waals surface area contributed by atoms with Crippen LogP contribution in [-0.4, -0.2) is 39.0 Å². The summed E-state index contributed by atoms with van der Waals surface area (Å²) in [5.74, 6) is -1.86. The molecule has 1 aliphatic rings. The fraction of sp³-hybridized carbons (Fsp3) is 0.500. The van der Waals surface area contributed by atoms with E-state index >= 15 is 0 Å². The first-order chi connectivity index (χ1) is 8.95. The average molecular weight is 291 g/mol. The smallest absolute Gasteiger partial charge is 0.245 e. The number of hydrogen-bond donors (Lipinski definition) is 0. The second kappa shape index (κ2) is 5.52. The third-order valence-electron chi connectivity index (χ3n) is 3.25. The van der Waals surface area contributed by atoms with Crippen LogP contribution < -0.4 is 0 Å². The molecule has 19 heavy (non-hydrogen) atoms. The first kappa shape index (κ1) is 14.4. The van der Waals surface area contributed by atoms with E-state index in [0.29, 0.717) is 18.9 Å². The fourth-order valence-corrected chi connectivity index (χ4v) is 3.65. The number of ether oxygens (including phenoxy) is 1. The molecule has 1 saturated heterocycles. The molecule has 7 heteroatoms. The van der Waals surface area contributed by atoms with Crippen LogP contribution in [0.4, 0.5) is 8.78 Å². The Balaban J connectivity index is 2.23. The Labute approximate surface area is 111 Å². The highest BCUT2D eigenvalue weighted by Gasteiger charge is 2.31. The van der Waals surface area contributed by atoms with Crippen molar-refractivity contribution in [1.82, 2.24) is 4.31 Å². The quantitative estimate of drug-likeness (QED) is 0.852. The molecule has 0 radical (unpaired) electrons. The Morgan fingerprint density at radius 2 is 1.89 bits per heavy atom. The molecule has 1 aliphatic heterocycles. The lowest BCUT2D eigenvalue weighted by molar-refractivity contribution is 0.0604. The van der Waals surface area contributed by atoms with Crippen molar-refractivity contribution in [1.29, 1.82) is 0 Å². The van der Waals surface area contributed by atoms with Gasteiger partial charge < -0.3 is 4.74 Å². The molecule has 0 saturated carbocycles. The van der Waals surface area contributed by atoms with Gasteiger partial charge in [0, 0.05) is 26.3 Å². The number of rotatable bonds is 3. The lowest BCUT2D eigenvalue weighted by Gasteiger charge is -2.30. The van der Waals surface area contributed by atoms with Gasteiger partial charge in [0.2, 0.25) is 10.0 Å². The fourth-order valence-electron chi connectivity index (χ4n) is 2.13. The van der Waals surface area contributed by atoms with E-state index in [-0.39, 0.29) is 19.2 Å². The predicted octanol–water partition coefficient (Wildman–Crippen LogP) is 1.76. The Morgan fingerprint density at radius 1 is 1.26 bits per heavy atom. The van der Waals surface area contributed by atoms with Crippen molar-refractivity contribution in [2.75, 3.05) is 20.2 Å². The molecule has 1 aromatic carbocycles. The number of halogens is 2. The number of benzene rings is 1. The third kappa shape index (κ3) is 2.93. The van der Waals surface area contributed by atoms with Gasteiger partial charge in [0.05, 0.1) is 6.10 Å². The first-order valence-corrected chi connectivity index (χ1v) is 7.37. The van der Waals surface area contributed by atoms with Gasteiger partial charge in [-0.05, 0) is 25.0 Å². The van der Waals surface area contributed by atoms with E-state index in [4.69, 9.17) is 4.74 Å². The van der Waals surface area contributed by atoms with Gasteiger partial charge >= 0.3 is 0 Å². The molecule has 1 aromatic rings. The molecule has 0 amide bonds. The second-order valence-electron chi connectivity index (χ2n) is 4.41. The Bertz CT molecular complexity index is 554. The molecule has 2 rings (SSSR count). The Morgan fingerprint density at radius 3 is 2.42 bits per heavy atom. The largest absolute Gasteiger partial charge is 0.381 e. The van der Waals surface area contributed by atoms with E-state index in [0.717, 1.165) is 12.1 Å². The zero-order valence-electron chi connectivity index (χ0n) is 10.5. The van der Waals surface area contributed by atoms with Crippen LogP contribution in [0, 0.1) is 11.6 Å².